The van der Waals surface area contributed by atoms with Crippen LogP contribution >= 0.6 is 0 Å². The predicted molar refractivity (Wildman–Crippen MR) is 75.9 cm³/mol. The van der Waals surface area contributed by atoms with Crippen LogP contribution in [0.3, 0.4) is 0 Å². The molecule has 0 aliphatic carbocycles. The molecule has 0 N–H and O–H groups in total. The summed E-state index contributed by atoms with van der Waals surface area (Å²) in [5, 5.41) is 0. The summed E-state index contributed by atoms with van der Waals surface area (Å²) in [6, 6.07) is 0. The van der Waals surface area contributed by atoms with Gasteiger partial charge in [-0.2, -0.15) is 0 Å². The summed E-state index contributed by atoms with van der Waals surface area (Å²) in [4.78, 5) is 0. The molecule has 2 unspecified atom stereocenters. The molecule has 0 aromatic heterocycles. The zero-order valence-corrected chi connectivity index (χ0v) is 12.4. The smallest absolute Gasteiger partial charge is 0.117 e. The first-order chi connectivity index (χ1) is 7.73. The minimum Gasteiger partial charge on any atom is -0.243 e. The number of allylic oxidation sites excluding steroid dienone is 3. The molecule has 2 atom stereocenters. The van der Waals surface area contributed by atoms with Crippen molar-refractivity contribution in [3.05, 3.63) is 23.8 Å². The Hall–Kier alpha value is -0.590. The standard InChI is InChI=1S/C16H29F/c1-8-14(6)11-16(17,10-9-12(2)3)15(7)13(4)5/h8,13,15H,2,9-11H2,1,3-7H3. The van der Waals surface area contributed by atoms with Crippen LogP contribution in [0, 0.1) is 11.8 Å². The lowest BCUT2D eigenvalue weighted by Crippen LogP contribution is -2.35. The van der Waals surface area contributed by atoms with Gasteiger partial charge < -0.3 is 0 Å². The van der Waals surface area contributed by atoms with E-state index >= 15 is 4.39 Å². The van der Waals surface area contributed by atoms with Crippen LogP contribution in [0.15, 0.2) is 23.8 Å². The zero-order chi connectivity index (χ0) is 13.6. The first-order valence-corrected chi connectivity index (χ1v) is 6.68. The van der Waals surface area contributed by atoms with Crippen molar-refractivity contribution < 1.29 is 4.39 Å². The van der Waals surface area contributed by atoms with Crippen molar-refractivity contribution in [1.82, 2.24) is 0 Å². The molecule has 17 heavy (non-hydrogen) atoms. The first kappa shape index (κ1) is 16.4. The van der Waals surface area contributed by atoms with Crippen molar-refractivity contribution in [1.29, 1.82) is 0 Å². The van der Waals surface area contributed by atoms with E-state index in [1.165, 1.54) is 0 Å². The number of alkyl halides is 1. The van der Waals surface area contributed by atoms with E-state index in [0.29, 0.717) is 18.8 Å². The van der Waals surface area contributed by atoms with Crippen LogP contribution in [0.2, 0.25) is 0 Å². The summed E-state index contributed by atoms with van der Waals surface area (Å²) in [7, 11) is 0. The van der Waals surface area contributed by atoms with E-state index in [0.717, 1.165) is 17.6 Å². The van der Waals surface area contributed by atoms with Gasteiger partial charge >= 0.3 is 0 Å². The lowest BCUT2D eigenvalue weighted by Gasteiger charge is -2.35. The minimum absolute atomic E-state index is 0.0803. The number of hydrogen-bond acceptors (Lipinski definition) is 0. The van der Waals surface area contributed by atoms with Gasteiger partial charge in [0, 0.05) is 6.42 Å². The summed E-state index contributed by atoms with van der Waals surface area (Å²) in [5.41, 5.74) is 1.12. The van der Waals surface area contributed by atoms with Gasteiger partial charge in [-0.25, -0.2) is 4.39 Å². The molecule has 0 amide bonds. The Morgan fingerprint density at radius 2 is 1.82 bits per heavy atom. The predicted octanol–water partition coefficient (Wildman–Crippen LogP) is 5.70. The van der Waals surface area contributed by atoms with Crippen LogP contribution in [0.5, 0.6) is 0 Å². The van der Waals surface area contributed by atoms with E-state index in [9.17, 15) is 0 Å². The Balaban J connectivity index is 4.85. The van der Waals surface area contributed by atoms with Gasteiger partial charge in [-0.05, 0) is 45.4 Å². The van der Waals surface area contributed by atoms with Crippen molar-refractivity contribution in [3.8, 4) is 0 Å². The molecule has 0 aliphatic rings. The Morgan fingerprint density at radius 1 is 1.29 bits per heavy atom. The van der Waals surface area contributed by atoms with E-state index in [2.05, 4.69) is 20.4 Å². The fraction of sp³-hybridized carbons (Fsp3) is 0.750. The number of rotatable bonds is 7. The van der Waals surface area contributed by atoms with Gasteiger partial charge in [0.1, 0.15) is 5.67 Å². The largest absolute Gasteiger partial charge is 0.243 e. The van der Waals surface area contributed by atoms with Crippen LogP contribution < -0.4 is 0 Å². The second kappa shape index (κ2) is 6.98. The van der Waals surface area contributed by atoms with Crippen LogP contribution in [0.4, 0.5) is 4.39 Å². The molecule has 100 valence electrons. The van der Waals surface area contributed by atoms with Crippen LogP contribution in [0.1, 0.15) is 60.8 Å². The van der Waals surface area contributed by atoms with Crippen LogP contribution in [-0.2, 0) is 0 Å². The molecule has 0 saturated heterocycles. The summed E-state index contributed by atoms with van der Waals surface area (Å²) < 4.78 is 15.2. The molecule has 0 radical (unpaired) electrons. The molecule has 0 heterocycles. The molecule has 0 aliphatic heterocycles. The highest BCUT2D eigenvalue weighted by Crippen LogP contribution is 2.38. The monoisotopic (exact) mass is 240 g/mol. The molecule has 0 aromatic rings. The van der Waals surface area contributed by atoms with Crippen molar-refractivity contribution in [2.75, 3.05) is 0 Å². The maximum Gasteiger partial charge on any atom is 0.117 e. The highest BCUT2D eigenvalue weighted by atomic mass is 19.1. The molecule has 0 saturated carbocycles. The lowest BCUT2D eigenvalue weighted by molar-refractivity contribution is 0.0538. The van der Waals surface area contributed by atoms with Crippen molar-refractivity contribution in [3.63, 3.8) is 0 Å². The van der Waals surface area contributed by atoms with Gasteiger partial charge in [0.15, 0.2) is 0 Å². The number of hydrogen-bond donors (Lipinski definition) is 0. The maximum atomic E-state index is 15.2. The van der Waals surface area contributed by atoms with Crippen molar-refractivity contribution in [2.45, 2.75) is 66.5 Å². The lowest BCUT2D eigenvalue weighted by atomic mass is 9.75. The second-order valence-corrected chi connectivity index (χ2v) is 5.84. The summed E-state index contributed by atoms with van der Waals surface area (Å²) in [5.74, 6) is 0.450. The fourth-order valence-electron chi connectivity index (χ4n) is 2.06. The van der Waals surface area contributed by atoms with E-state index in [1.54, 1.807) is 0 Å². The normalized spacial score (nSPS) is 18.0. The Kier molecular flexibility index (Phi) is 6.74. The molecule has 0 bridgehead atoms. The molecule has 1 heteroatoms. The summed E-state index contributed by atoms with van der Waals surface area (Å²) in [6.45, 7) is 16.1. The van der Waals surface area contributed by atoms with E-state index in [-0.39, 0.29) is 5.92 Å². The fourth-order valence-corrected chi connectivity index (χ4v) is 2.06. The van der Waals surface area contributed by atoms with Gasteiger partial charge in [-0.1, -0.05) is 38.0 Å². The summed E-state index contributed by atoms with van der Waals surface area (Å²) >= 11 is 0. The van der Waals surface area contributed by atoms with Gasteiger partial charge in [-0.3, -0.25) is 0 Å². The molecular formula is C16H29F. The SMILES string of the molecule is C=C(C)CCC(F)(CC(C)=CC)C(C)C(C)C. The van der Waals surface area contributed by atoms with Crippen LogP contribution in [0.25, 0.3) is 0 Å². The summed E-state index contributed by atoms with van der Waals surface area (Å²) in [6.07, 6.45) is 3.94. The topological polar surface area (TPSA) is 0 Å². The maximum absolute atomic E-state index is 15.2. The Labute approximate surface area is 107 Å². The third kappa shape index (κ3) is 5.52. The van der Waals surface area contributed by atoms with E-state index in [4.69, 9.17) is 0 Å². The molecule has 0 fully saturated rings. The Bertz CT molecular complexity index is 275. The molecule has 0 nitrogen and oxygen atoms in total. The van der Waals surface area contributed by atoms with Gasteiger partial charge in [0.05, 0.1) is 0 Å². The highest BCUT2D eigenvalue weighted by molar-refractivity contribution is 5.05. The van der Waals surface area contributed by atoms with E-state index < -0.39 is 5.67 Å². The van der Waals surface area contributed by atoms with Crippen LogP contribution in [-0.4, -0.2) is 5.67 Å². The number of halogens is 1. The Morgan fingerprint density at radius 3 is 2.18 bits per heavy atom. The zero-order valence-electron chi connectivity index (χ0n) is 12.4. The third-order valence-corrected chi connectivity index (χ3v) is 3.85. The molecular weight excluding hydrogens is 211 g/mol. The molecule has 0 aromatic carbocycles. The van der Waals surface area contributed by atoms with Crippen molar-refractivity contribution in [2.24, 2.45) is 11.8 Å². The molecule has 0 rings (SSSR count). The second-order valence-electron chi connectivity index (χ2n) is 5.84. The van der Waals surface area contributed by atoms with Gasteiger partial charge in [0.25, 0.3) is 0 Å². The average Bonchev–Trinajstić information content (AvgIpc) is 2.25. The van der Waals surface area contributed by atoms with Crippen molar-refractivity contribution >= 4 is 0 Å². The highest BCUT2D eigenvalue weighted by Gasteiger charge is 2.37. The first-order valence-electron chi connectivity index (χ1n) is 6.68. The third-order valence-electron chi connectivity index (χ3n) is 3.85. The quantitative estimate of drug-likeness (QED) is 0.501. The van der Waals surface area contributed by atoms with Gasteiger partial charge in [-0.15, -0.1) is 6.58 Å². The van der Waals surface area contributed by atoms with Gasteiger partial charge in [0.2, 0.25) is 0 Å². The molecule has 0 spiro atoms. The minimum atomic E-state index is -1.09. The van der Waals surface area contributed by atoms with E-state index in [1.807, 2.05) is 33.8 Å². The average molecular weight is 240 g/mol.